The second kappa shape index (κ2) is 6.03. The van der Waals surface area contributed by atoms with Crippen molar-refractivity contribution in [2.45, 2.75) is 12.4 Å². The molecule has 1 unspecified atom stereocenters. The van der Waals surface area contributed by atoms with Gasteiger partial charge in [0.15, 0.2) is 6.23 Å². The third-order valence-corrected chi connectivity index (χ3v) is 3.24. The summed E-state index contributed by atoms with van der Waals surface area (Å²) in [5.41, 5.74) is -0.858. The number of alkyl halides is 3. The Kier molecular flexibility index (Phi) is 4.53. The van der Waals surface area contributed by atoms with E-state index in [0.29, 0.717) is 17.8 Å². The predicted octanol–water partition coefficient (Wildman–Crippen LogP) is 4.71. The van der Waals surface area contributed by atoms with Crippen LogP contribution in [-0.4, -0.2) is 5.11 Å². The van der Waals surface area contributed by atoms with Crippen molar-refractivity contribution < 1.29 is 22.7 Å². The normalized spacial score (nSPS) is 13.0. The van der Waals surface area contributed by atoms with Crippen LogP contribution in [0.25, 0.3) is 0 Å². The number of hydrogen-bond donors (Lipinski definition) is 2. The van der Waals surface area contributed by atoms with Gasteiger partial charge in [-0.05, 0) is 42.5 Å². The molecule has 0 heterocycles. The molecular formula is C14H10BrF4NO. The molecule has 7 heteroatoms. The van der Waals surface area contributed by atoms with Crippen molar-refractivity contribution in [1.29, 1.82) is 0 Å². The average Bonchev–Trinajstić information content (AvgIpc) is 2.39. The van der Waals surface area contributed by atoms with Crippen LogP contribution in [0.4, 0.5) is 23.2 Å². The zero-order valence-electron chi connectivity index (χ0n) is 10.5. The lowest BCUT2D eigenvalue weighted by Crippen LogP contribution is -2.13. The van der Waals surface area contributed by atoms with E-state index in [0.717, 1.165) is 10.5 Å². The second-order valence-corrected chi connectivity index (χ2v) is 5.24. The first-order chi connectivity index (χ1) is 9.75. The van der Waals surface area contributed by atoms with Crippen molar-refractivity contribution in [3.8, 4) is 0 Å². The average molecular weight is 364 g/mol. The van der Waals surface area contributed by atoms with E-state index >= 15 is 0 Å². The van der Waals surface area contributed by atoms with Gasteiger partial charge in [0.1, 0.15) is 5.82 Å². The zero-order valence-corrected chi connectivity index (χ0v) is 12.0. The summed E-state index contributed by atoms with van der Waals surface area (Å²) < 4.78 is 51.9. The zero-order chi connectivity index (χ0) is 15.6. The number of anilines is 1. The lowest BCUT2D eigenvalue weighted by molar-refractivity contribution is -0.137. The maximum Gasteiger partial charge on any atom is 0.416 e. The van der Waals surface area contributed by atoms with Gasteiger partial charge in [0.05, 0.1) is 5.56 Å². The predicted molar refractivity (Wildman–Crippen MR) is 74.1 cm³/mol. The standard InChI is InChI=1S/C14H10BrF4NO/c15-10-1-3-12(4-2-10)20-13(21)8-5-9(14(17,18)19)7-11(16)6-8/h1-7,13,20-21H. The third kappa shape index (κ3) is 4.18. The molecule has 0 radical (unpaired) electrons. The van der Waals surface area contributed by atoms with Crippen LogP contribution in [0.15, 0.2) is 46.9 Å². The number of nitrogens with one attached hydrogen (secondary N) is 1. The van der Waals surface area contributed by atoms with Crippen molar-refractivity contribution in [2.24, 2.45) is 0 Å². The lowest BCUT2D eigenvalue weighted by atomic mass is 10.1. The van der Waals surface area contributed by atoms with E-state index in [1.165, 1.54) is 0 Å². The summed E-state index contributed by atoms with van der Waals surface area (Å²) in [5, 5.41) is 12.5. The smallest absolute Gasteiger partial charge is 0.369 e. The van der Waals surface area contributed by atoms with Gasteiger partial charge in [-0.2, -0.15) is 13.2 Å². The van der Waals surface area contributed by atoms with Gasteiger partial charge in [0.25, 0.3) is 0 Å². The quantitative estimate of drug-likeness (QED) is 0.611. The molecule has 0 saturated heterocycles. The van der Waals surface area contributed by atoms with Crippen LogP contribution in [-0.2, 0) is 6.18 Å². The van der Waals surface area contributed by atoms with E-state index in [9.17, 15) is 22.7 Å². The van der Waals surface area contributed by atoms with Gasteiger partial charge in [0.2, 0.25) is 0 Å². The van der Waals surface area contributed by atoms with E-state index in [1.54, 1.807) is 24.3 Å². The second-order valence-electron chi connectivity index (χ2n) is 4.32. The van der Waals surface area contributed by atoms with Gasteiger partial charge < -0.3 is 10.4 Å². The Morgan fingerprint density at radius 3 is 2.24 bits per heavy atom. The minimum absolute atomic E-state index is 0.203. The fourth-order valence-corrected chi connectivity index (χ4v) is 1.99. The highest BCUT2D eigenvalue weighted by atomic mass is 79.9. The molecule has 0 spiro atoms. The molecular weight excluding hydrogens is 354 g/mol. The van der Waals surface area contributed by atoms with Gasteiger partial charge in [-0.1, -0.05) is 15.9 Å². The summed E-state index contributed by atoms with van der Waals surface area (Å²) in [5.74, 6) is -1.06. The van der Waals surface area contributed by atoms with Gasteiger partial charge in [-0.15, -0.1) is 0 Å². The van der Waals surface area contributed by atoms with Crippen molar-refractivity contribution >= 4 is 21.6 Å². The SMILES string of the molecule is OC(Nc1ccc(Br)cc1)c1cc(F)cc(C(F)(F)F)c1. The van der Waals surface area contributed by atoms with E-state index in [4.69, 9.17) is 0 Å². The van der Waals surface area contributed by atoms with Crippen molar-refractivity contribution in [2.75, 3.05) is 5.32 Å². The number of aliphatic hydroxyl groups is 1. The molecule has 0 aliphatic carbocycles. The monoisotopic (exact) mass is 363 g/mol. The maximum atomic E-state index is 13.3. The Hall–Kier alpha value is -1.60. The first-order valence-electron chi connectivity index (χ1n) is 5.83. The summed E-state index contributed by atoms with van der Waals surface area (Å²) in [7, 11) is 0. The van der Waals surface area contributed by atoms with Crippen LogP contribution in [0.2, 0.25) is 0 Å². The first-order valence-corrected chi connectivity index (χ1v) is 6.63. The summed E-state index contributed by atoms with van der Waals surface area (Å²) in [6.07, 6.45) is -6.13. The topological polar surface area (TPSA) is 32.3 Å². The highest BCUT2D eigenvalue weighted by molar-refractivity contribution is 9.10. The van der Waals surface area contributed by atoms with Crippen molar-refractivity contribution in [3.63, 3.8) is 0 Å². The van der Waals surface area contributed by atoms with Crippen LogP contribution < -0.4 is 5.32 Å². The minimum atomic E-state index is -4.67. The Balaban J connectivity index is 2.24. The molecule has 0 aliphatic heterocycles. The largest absolute Gasteiger partial charge is 0.416 e. The molecule has 0 saturated carbocycles. The van der Waals surface area contributed by atoms with Crippen LogP contribution in [0.1, 0.15) is 17.4 Å². The molecule has 1 atom stereocenters. The molecule has 2 N–H and O–H groups in total. The van der Waals surface area contributed by atoms with E-state index in [2.05, 4.69) is 21.2 Å². The van der Waals surface area contributed by atoms with Crippen LogP contribution >= 0.6 is 15.9 Å². The molecule has 0 aliphatic rings. The van der Waals surface area contributed by atoms with Gasteiger partial charge in [-0.25, -0.2) is 4.39 Å². The molecule has 0 amide bonds. The van der Waals surface area contributed by atoms with Crippen molar-refractivity contribution in [1.82, 2.24) is 0 Å². The molecule has 0 aromatic heterocycles. The molecule has 21 heavy (non-hydrogen) atoms. The summed E-state index contributed by atoms with van der Waals surface area (Å²) in [4.78, 5) is 0. The van der Waals surface area contributed by atoms with Crippen molar-refractivity contribution in [3.05, 3.63) is 63.9 Å². The highest BCUT2D eigenvalue weighted by Gasteiger charge is 2.31. The number of rotatable bonds is 3. The Morgan fingerprint density at radius 1 is 1.05 bits per heavy atom. The summed E-state index contributed by atoms with van der Waals surface area (Å²) in [6.45, 7) is 0. The van der Waals surface area contributed by atoms with Crippen LogP contribution in [0, 0.1) is 5.82 Å². The first kappa shape index (κ1) is 15.8. The molecule has 112 valence electrons. The van der Waals surface area contributed by atoms with Crippen LogP contribution in [0.3, 0.4) is 0 Å². The number of halogens is 5. The fraction of sp³-hybridized carbons (Fsp3) is 0.143. The van der Waals surface area contributed by atoms with Crippen LogP contribution in [0.5, 0.6) is 0 Å². The molecule has 0 fully saturated rings. The Labute approximate surface area is 126 Å². The molecule has 2 aromatic rings. The highest BCUT2D eigenvalue weighted by Crippen LogP contribution is 2.32. The Bertz CT molecular complexity index is 628. The Morgan fingerprint density at radius 2 is 1.67 bits per heavy atom. The molecule has 2 rings (SSSR count). The number of benzene rings is 2. The molecule has 2 aromatic carbocycles. The number of aliphatic hydroxyl groups excluding tert-OH is 1. The van der Waals surface area contributed by atoms with E-state index in [1.807, 2.05) is 0 Å². The van der Waals surface area contributed by atoms with Gasteiger partial charge in [-0.3, -0.25) is 0 Å². The van der Waals surface area contributed by atoms with E-state index < -0.39 is 23.8 Å². The van der Waals surface area contributed by atoms with E-state index in [-0.39, 0.29) is 5.56 Å². The minimum Gasteiger partial charge on any atom is -0.369 e. The fourth-order valence-electron chi connectivity index (χ4n) is 1.72. The summed E-state index contributed by atoms with van der Waals surface area (Å²) >= 11 is 3.23. The maximum absolute atomic E-state index is 13.3. The molecule has 0 bridgehead atoms. The lowest BCUT2D eigenvalue weighted by Gasteiger charge is -2.16. The third-order valence-electron chi connectivity index (χ3n) is 2.71. The number of hydrogen-bond acceptors (Lipinski definition) is 2. The van der Waals surface area contributed by atoms with Gasteiger partial charge >= 0.3 is 6.18 Å². The van der Waals surface area contributed by atoms with Gasteiger partial charge in [0, 0.05) is 15.7 Å². The summed E-state index contributed by atoms with van der Waals surface area (Å²) in [6, 6.07) is 8.58. The molecule has 2 nitrogen and oxygen atoms in total.